The Hall–Kier alpha value is -1.19. The zero-order valence-corrected chi connectivity index (χ0v) is 9.42. The molecule has 0 unspecified atom stereocenters. The number of para-hydroxylation sites is 1. The summed E-state index contributed by atoms with van der Waals surface area (Å²) in [4.78, 5) is 8.38. The molecule has 0 bridgehead atoms. The topological polar surface area (TPSA) is 51.8 Å². The molecule has 0 atom stereocenters. The number of nitrogens with zero attached hydrogens (tertiary/aromatic N) is 2. The van der Waals surface area contributed by atoms with Crippen molar-refractivity contribution in [2.75, 3.05) is 0 Å². The third-order valence-corrected chi connectivity index (χ3v) is 2.53. The molecule has 0 saturated heterocycles. The first-order valence-corrected chi connectivity index (χ1v) is 5.06. The highest BCUT2D eigenvalue weighted by Gasteiger charge is 2.19. The molecule has 0 fully saturated rings. The van der Waals surface area contributed by atoms with E-state index in [-0.39, 0.29) is 0 Å². The minimum absolute atomic E-state index is 0.494. The lowest BCUT2D eigenvalue weighted by atomic mass is 9.98. The molecule has 78 valence electrons. The van der Waals surface area contributed by atoms with Crippen LogP contribution in [0.25, 0.3) is 10.9 Å². The van der Waals surface area contributed by atoms with Gasteiger partial charge in [0.1, 0.15) is 6.33 Å². The Kier molecular flexibility index (Phi) is 2.37. The first-order valence-electron chi connectivity index (χ1n) is 4.69. The smallest absolute Gasteiger partial charge is 0.116 e. The maximum absolute atomic E-state index is 6.05. The molecule has 3 nitrogen and oxygen atoms in total. The molecule has 1 heterocycles. The van der Waals surface area contributed by atoms with E-state index < -0.39 is 5.54 Å². The van der Waals surface area contributed by atoms with Crippen molar-refractivity contribution in [1.29, 1.82) is 0 Å². The van der Waals surface area contributed by atoms with Crippen LogP contribution in [0.1, 0.15) is 19.5 Å². The van der Waals surface area contributed by atoms with Gasteiger partial charge in [0.05, 0.1) is 21.8 Å². The molecule has 15 heavy (non-hydrogen) atoms. The van der Waals surface area contributed by atoms with Gasteiger partial charge < -0.3 is 5.73 Å². The summed E-state index contributed by atoms with van der Waals surface area (Å²) in [5.41, 5.74) is 7.11. The van der Waals surface area contributed by atoms with Gasteiger partial charge in [-0.05, 0) is 19.9 Å². The molecule has 0 aliphatic rings. The van der Waals surface area contributed by atoms with E-state index in [4.69, 9.17) is 17.3 Å². The Morgan fingerprint density at radius 1 is 1.27 bits per heavy atom. The molecule has 2 rings (SSSR count). The predicted octanol–water partition coefficient (Wildman–Crippen LogP) is 2.48. The van der Waals surface area contributed by atoms with Crippen LogP contribution in [0.3, 0.4) is 0 Å². The number of halogens is 1. The first-order chi connectivity index (χ1) is 7.00. The van der Waals surface area contributed by atoms with Gasteiger partial charge in [-0.15, -0.1) is 0 Å². The number of aromatic nitrogens is 2. The lowest BCUT2D eigenvalue weighted by Gasteiger charge is -2.19. The normalized spacial score (nSPS) is 12.0. The summed E-state index contributed by atoms with van der Waals surface area (Å²) >= 11 is 6.05. The number of rotatable bonds is 1. The summed E-state index contributed by atoms with van der Waals surface area (Å²) in [5, 5.41) is 1.54. The van der Waals surface area contributed by atoms with Crippen LogP contribution < -0.4 is 5.73 Å². The number of fused-ring (bicyclic) bond motifs is 1. The maximum atomic E-state index is 6.05. The summed E-state index contributed by atoms with van der Waals surface area (Å²) in [5.74, 6) is 0. The first kappa shape index (κ1) is 10.3. The molecule has 0 spiro atoms. The largest absolute Gasteiger partial charge is 0.321 e. The monoisotopic (exact) mass is 221 g/mol. The van der Waals surface area contributed by atoms with Gasteiger partial charge in [0.2, 0.25) is 0 Å². The molecule has 0 saturated carbocycles. The molecule has 0 aliphatic carbocycles. The molecule has 0 radical (unpaired) electrons. The number of nitrogens with two attached hydrogens (primary N) is 1. The lowest BCUT2D eigenvalue weighted by molar-refractivity contribution is 0.540. The fourth-order valence-electron chi connectivity index (χ4n) is 1.56. The number of hydrogen-bond acceptors (Lipinski definition) is 3. The molecular formula is C11H12ClN3. The van der Waals surface area contributed by atoms with Gasteiger partial charge in [0.25, 0.3) is 0 Å². The molecule has 0 amide bonds. The fourth-order valence-corrected chi connectivity index (χ4v) is 1.79. The van der Waals surface area contributed by atoms with Crippen molar-refractivity contribution < 1.29 is 0 Å². The van der Waals surface area contributed by atoms with Crippen LogP contribution in [0, 0.1) is 0 Å². The zero-order chi connectivity index (χ0) is 11.1. The van der Waals surface area contributed by atoms with Crippen molar-refractivity contribution >= 4 is 22.5 Å². The second kappa shape index (κ2) is 3.43. The highest BCUT2D eigenvalue weighted by molar-refractivity contribution is 6.35. The zero-order valence-electron chi connectivity index (χ0n) is 8.66. The summed E-state index contributed by atoms with van der Waals surface area (Å²) < 4.78 is 0. The Morgan fingerprint density at radius 2 is 2.00 bits per heavy atom. The van der Waals surface area contributed by atoms with E-state index in [0.717, 1.165) is 16.6 Å². The molecule has 1 aromatic carbocycles. The molecular weight excluding hydrogens is 210 g/mol. The predicted molar refractivity (Wildman–Crippen MR) is 61.8 cm³/mol. The van der Waals surface area contributed by atoms with Crippen molar-refractivity contribution in [2.24, 2.45) is 5.73 Å². The van der Waals surface area contributed by atoms with Gasteiger partial charge >= 0.3 is 0 Å². The van der Waals surface area contributed by atoms with Gasteiger partial charge in [-0.3, -0.25) is 0 Å². The van der Waals surface area contributed by atoms with Crippen LogP contribution in [0.4, 0.5) is 0 Å². The Labute approximate surface area is 93.3 Å². The Bertz CT molecular complexity index is 503. The standard InChI is InChI=1S/C11H12ClN3/c1-11(2,13)10-7-4-3-5-8(12)9(7)14-6-15-10/h3-6H,13H2,1-2H3. The van der Waals surface area contributed by atoms with E-state index >= 15 is 0 Å². The average Bonchev–Trinajstić information content (AvgIpc) is 2.16. The van der Waals surface area contributed by atoms with Gasteiger partial charge in [0.15, 0.2) is 0 Å². The lowest BCUT2D eigenvalue weighted by Crippen LogP contribution is -2.30. The number of hydrogen-bond donors (Lipinski definition) is 1. The van der Waals surface area contributed by atoms with Crippen molar-refractivity contribution in [3.8, 4) is 0 Å². The highest BCUT2D eigenvalue weighted by atomic mass is 35.5. The van der Waals surface area contributed by atoms with E-state index in [1.165, 1.54) is 6.33 Å². The van der Waals surface area contributed by atoms with Crippen LogP contribution in [0.2, 0.25) is 5.02 Å². The van der Waals surface area contributed by atoms with E-state index in [1.807, 2.05) is 32.0 Å². The molecule has 2 aromatic rings. The van der Waals surface area contributed by atoms with Crippen LogP contribution >= 0.6 is 11.6 Å². The van der Waals surface area contributed by atoms with Crippen molar-refractivity contribution in [2.45, 2.75) is 19.4 Å². The van der Waals surface area contributed by atoms with Gasteiger partial charge in [0, 0.05) is 5.39 Å². The van der Waals surface area contributed by atoms with Crippen molar-refractivity contribution in [3.63, 3.8) is 0 Å². The summed E-state index contributed by atoms with van der Waals surface area (Å²) in [6.07, 6.45) is 1.50. The van der Waals surface area contributed by atoms with E-state index in [2.05, 4.69) is 9.97 Å². The Balaban J connectivity index is 2.83. The third-order valence-electron chi connectivity index (χ3n) is 2.23. The quantitative estimate of drug-likeness (QED) is 0.805. The van der Waals surface area contributed by atoms with Gasteiger partial charge in [-0.1, -0.05) is 23.7 Å². The SMILES string of the molecule is CC(C)(N)c1ncnc2c(Cl)cccc12. The summed E-state index contributed by atoms with van der Waals surface area (Å²) in [6.45, 7) is 3.82. The summed E-state index contributed by atoms with van der Waals surface area (Å²) in [6, 6.07) is 5.62. The number of benzene rings is 1. The molecule has 2 N–H and O–H groups in total. The van der Waals surface area contributed by atoms with Gasteiger partial charge in [-0.25, -0.2) is 9.97 Å². The maximum Gasteiger partial charge on any atom is 0.116 e. The molecule has 0 aliphatic heterocycles. The van der Waals surface area contributed by atoms with Crippen LogP contribution in [-0.2, 0) is 5.54 Å². The van der Waals surface area contributed by atoms with Crippen LogP contribution in [0.5, 0.6) is 0 Å². The fraction of sp³-hybridized carbons (Fsp3) is 0.273. The van der Waals surface area contributed by atoms with Crippen LogP contribution in [-0.4, -0.2) is 9.97 Å². The van der Waals surface area contributed by atoms with Crippen molar-refractivity contribution in [3.05, 3.63) is 35.2 Å². The van der Waals surface area contributed by atoms with E-state index in [9.17, 15) is 0 Å². The minimum atomic E-state index is -0.494. The van der Waals surface area contributed by atoms with Crippen LogP contribution in [0.15, 0.2) is 24.5 Å². The minimum Gasteiger partial charge on any atom is -0.321 e. The molecule has 4 heteroatoms. The van der Waals surface area contributed by atoms with Crippen molar-refractivity contribution in [1.82, 2.24) is 9.97 Å². The second-order valence-corrected chi connectivity index (χ2v) is 4.49. The van der Waals surface area contributed by atoms with E-state index in [1.54, 1.807) is 0 Å². The third kappa shape index (κ3) is 1.80. The second-order valence-electron chi connectivity index (χ2n) is 4.08. The average molecular weight is 222 g/mol. The molecule has 1 aromatic heterocycles. The Morgan fingerprint density at radius 3 is 2.67 bits per heavy atom. The van der Waals surface area contributed by atoms with E-state index in [0.29, 0.717) is 5.02 Å². The summed E-state index contributed by atoms with van der Waals surface area (Å²) in [7, 11) is 0. The van der Waals surface area contributed by atoms with Gasteiger partial charge in [-0.2, -0.15) is 0 Å². The highest BCUT2D eigenvalue weighted by Crippen LogP contribution is 2.27.